The number of nitrogens with two attached hydrogens (primary N) is 1. The second-order valence-electron chi connectivity index (χ2n) is 2.34. The van der Waals surface area contributed by atoms with Crippen molar-refractivity contribution >= 4 is 5.91 Å². The molecule has 0 fully saturated rings. The van der Waals surface area contributed by atoms with Crippen LogP contribution in [0.4, 0.5) is 0 Å². The molecule has 2 N–H and O–H groups in total. The van der Waals surface area contributed by atoms with Crippen LogP contribution in [-0.2, 0) is 14.3 Å². The van der Waals surface area contributed by atoms with E-state index in [0.29, 0.717) is 5.57 Å². The summed E-state index contributed by atoms with van der Waals surface area (Å²) in [6, 6.07) is 1.70. The second kappa shape index (κ2) is 5.30. The minimum Gasteiger partial charge on any atom is -0.365 e. The monoisotopic (exact) mass is 185 g/mol. The number of amides is 1. The minimum atomic E-state index is -0.779. The highest BCUT2D eigenvalue weighted by Crippen LogP contribution is 2.11. The van der Waals surface area contributed by atoms with Gasteiger partial charge in [-0.1, -0.05) is 0 Å². The molecular weight excluding hydrogens is 173 g/mol. The fraction of sp³-hybridized carbons (Fsp3) is 0.500. The van der Waals surface area contributed by atoms with Crippen LogP contribution in [0, 0.1) is 11.3 Å². The number of hydrogen-bond donors (Lipinski definition) is 1. The lowest BCUT2D eigenvalue weighted by molar-refractivity contribution is -0.114. The van der Waals surface area contributed by atoms with E-state index in [-0.39, 0.29) is 5.57 Å². The normalized spacial score (nSPS) is 12.2. The summed E-state index contributed by atoms with van der Waals surface area (Å²) in [6.07, 6.45) is -0.706. The molecular formula is C8H12N2O3. The molecule has 0 aliphatic rings. The van der Waals surface area contributed by atoms with Gasteiger partial charge in [0.1, 0.15) is 11.6 Å². The zero-order chi connectivity index (χ0) is 10.4. The van der Waals surface area contributed by atoms with Gasteiger partial charge in [-0.15, -0.1) is 0 Å². The Labute approximate surface area is 76.7 Å². The van der Waals surface area contributed by atoms with Crippen molar-refractivity contribution in [3.05, 3.63) is 11.1 Å². The van der Waals surface area contributed by atoms with Crippen molar-refractivity contribution < 1.29 is 14.3 Å². The van der Waals surface area contributed by atoms with Gasteiger partial charge in [0.15, 0.2) is 6.29 Å². The summed E-state index contributed by atoms with van der Waals surface area (Å²) >= 11 is 0. The zero-order valence-electron chi connectivity index (χ0n) is 7.83. The van der Waals surface area contributed by atoms with Crippen molar-refractivity contribution in [2.75, 3.05) is 14.2 Å². The van der Waals surface area contributed by atoms with Gasteiger partial charge in [-0.2, -0.15) is 5.26 Å². The van der Waals surface area contributed by atoms with E-state index >= 15 is 0 Å². The predicted molar refractivity (Wildman–Crippen MR) is 45.3 cm³/mol. The van der Waals surface area contributed by atoms with Gasteiger partial charge in [0.05, 0.1) is 0 Å². The molecule has 0 aromatic rings. The van der Waals surface area contributed by atoms with E-state index in [1.807, 2.05) is 0 Å². The summed E-state index contributed by atoms with van der Waals surface area (Å²) in [7, 11) is 2.82. The molecule has 0 atom stereocenters. The van der Waals surface area contributed by atoms with Crippen LogP contribution in [0.3, 0.4) is 0 Å². The first-order valence-electron chi connectivity index (χ1n) is 3.54. The van der Waals surface area contributed by atoms with E-state index in [9.17, 15) is 4.79 Å². The molecule has 0 unspecified atom stereocenters. The highest BCUT2D eigenvalue weighted by atomic mass is 16.7. The number of carbonyl (C=O) groups is 1. The highest BCUT2D eigenvalue weighted by molar-refractivity contribution is 5.96. The number of rotatable bonds is 4. The molecule has 0 bridgehead atoms. The van der Waals surface area contributed by atoms with E-state index in [1.54, 1.807) is 13.0 Å². The Bertz CT molecular complexity index is 261. The predicted octanol–water partition coefficient (Wildman–Crippen LogP) is -0.0693. The average Bonchev–Trinajstić information content (AvgIpc) is 2.07. The maximum atomic E-state index is 10.7. The number of primary amides is 1. The molecule has 0 saturated carbocycles. The van der Waals surface area contributed by atoms with Crippen LogP contribution in [0.15, 0.2) is 11.1 Å². The maximum absolute atomic E-state index is 10.7. The number of ether oxygens (including phenoxy) is 2. The molecule has 0 aliphatic heterocycles. The quantitative estimate of drug-likeness (QED) is 0.287. The second-order valence-corrected chi connectivity index (χ2v) is 2.34. The molecule has 72 valence electrons. The number of methoxy groups -OCH3 is 2. The van der Waals surface area contributed by atoms with Gasteiger partial charge < -0.3 is 15.2 Å². The van der Waals surface area contributed by atoms with E-state index < -0.39 is 12.2 Å². The molecule has 0 spiro atoms. The summed E-state index contributed by atoms with van der Waals surface area (Å²) in [5, 5.41) is 8.59. The van der Waals surface area contributed by atoms with Crippen molar-refractivity contribution in [1.29, 1.82) is 5.26 Å². The molecule has 0 rings (SSSR count). The van der Waals surface area contributed by atoms with Gasteiger partial charge in [-0.3, -0.25) is 4.79 Å². The van der Waals surface area contributed by atoms with Crippen molar-refractivity contribution in [2.24, 2.45) is 5.73 Å². The molecule has 5 heteroatoms. The molecule has 1 amide bonds. The van der Waals surface area contributed by atoms with Gasteiger partial charge in [-0.05, 0) is 6.92 Å². The summed E-state index contributed by atoms with van der Waals surface area (Å²) in [5.74, 6) is -0.779. The maximum Gasteiger partial charge on any atom is 0.259 e. The van der Waals surface area contributed by atoms with Crippen LogP contribution in [0.1, 0.15) is 6.92 Å². The topological polar surface area (TPSA) is 85.3 Å². The number of nitriles is 1. The molecule has 13 heavy (non-hydrogen) atoms. The molecule has 0 aliphatic carbocycles. The van der Waals surface area contributed by atoms with Crippen LogP contribution >= 0.6 is 0 Å². The first kappa shape index (κ1) is 11.6. The van der Waals surface area contributed by atoms with Crippen molar-refractivity contribution in [3.63, 3.8) is 0 Å². The Morgan fingerprint density at radius 2 is 1.92 bits per heavy atom. The standard InChI is InChI=1S/C8H12N2O3/c1-5(8(12-2)13-3)6(4-9)7(10)11/h8H,1-3H3,(H2,10,11)/b6-5-/i7+1. The third-order valence-electron chi connectivity index (χ3n) is 1.53. The van der Waals surface area contributed by atoms with Crippen LogP contribution in [0.25, 0.3) is 0 Å². The van der Waals surface area contributed by atoms with Gasteiger partial charge in [0.2, 0.25) is 0 Å². The zero-order valence-corrected chi connectivity index (χ0v) is 7.83. The average molecular weight is 185 g/mol. The molecule has 0 aromatic heterocycles. The Morgan fingerprint density at radius 1 is 1.46 bits per heavy atom. The molecule has 5 nitrogen and oxygen atoms in total. The van der Waals surface area contributed by atoms with Gasteiger partial charge in [0.25, 0.3) is 5.91 Å². The lowest BCUT2D eigenvalue weighted by atomic mass is 10.2. The van der Waals surface area contributed by atoms with Gasteiger partial charge in [0, 0.05) is 19.8 Å². The van der Waals surface area contributed by atoms with Crippen LogP contribution in [0.2, 0.25) is 0 Å². The van der Waals surface area contributed by atoms with E-state index in [0.717, 1.165) is 0 Å². The largest absolute Gasteiger partial charge is 0.365 e. The van der Waals surface area contributed by atoms with Crippen LogP contribution in [-0.4, -0.2) is 26.4 Å². The number of carbonyl (C=O) groups excluding carboxylic acids is 1. The lowest BCUT2D eigenvalue weighted by Gasteiger charge is -2.14. The Balaban J connectivity index is 4.96. The van der Waals surface area contributed by atoms with E-state index in [4.69, 9.17) is 20.5 Å². The summed E-state index contributed by atoms with van der Waals surface area (Å²) in [4.78, 5) is 10.7. The Morgan fingerprint density at radius 3 is 2.15 bits per heavy atom. The number of nitrogens with zero attached hydrogens (tertiary/aromatic N) is 1. The molecule has 0 aromatic carbocycles. The summed E-state index contributed by atoms with van der Waals surface area (Å²) < 4.78 is 9.71. The third kappa shape index (κ3) is 2.86. The smallest absolute Gasteiger partial charge is 0.259 e. The molecule has 0 saturated heterocycles. The van der Waals surface area contributed by atoms with Crippen LogP contribution < -0.4 is 5.73 Å². The lowest BCUT2D eigenvalue weighted by Crippen LogP contribution is -2.21. The van der Waals surface area contributed by atoms with E-state index in [2.05, 4.69) is 0 Å². The minimum absolute atomic E-state index is 0.131. The van der Waals surface area contributed by atoms with Gasteiger partial charge >= 0.3 is 0 Å². The highest BCUT2D eigenvalue weighted by Gasteiger charge is 2.16. The third-order valence-corrected chi connectivity index (χ3v) is 1.53. The molecule has 0 heterocycles. The number of hydrogen-bond acceptors (Lipinski definition) is 4. The Kier molecular flexibility index (Phi) is 4.74. The van der Waals surface area contributed by atoms with E-state index in [1.165, 1.54) is 14.2 Å². The fourth-order valence-electron chi connectivity index (χ4n) is 0.905. The fourth-order valence-corrected chi connectivity index (χ4v) is 0.905. The SMILES string of the molecule is COC(OC)/C(C)=C(/C#N)[13C](N)=O. The Hall–Kier alpha value is -1.38. The van der Waals surface area contributed by atoms with Crippen LogP contribution in [0.5, 0.6) is 0 Å². The van der Waals surface area contributed by atoms with Crippen molar-refractivity contribution in [1.82, 2.24) is 0 Å². The van der Waals surface area contributed by atoms with Crippen molar-refractivity contribution in [3.8, 4) is 6.07 Å². The summed E-state index contributed by atoms with van der Waals surface area (Å²) in [6.45, 7) is 1.56. The van der Waals surface area contributed by atoms with Crippen molar-refractivity contribution in [2.45, 2.75) is 13.2 Å². The molecule has 0 radical (unpaired) electrons. The first-order valence-corrected chi connectivity index (χ1v) is 3.54. The van der Waals surface area contributed by atoms with Gasteiger partial charge in [-0.25, -0.2) is 0 Å². The first-order chi connectivity index (χ1) is 6.08. The summed E-state index contributed by atoms with van der Waals surface area (Å²) in [5.41, 5.74) is 5.21.